The minimum atomic E-state index is -0.0431. The minimum absolute atomic E-state index is 0.0431. The summed E-state index contributed by atoms with van der Waals surface area (Å²) < 4.78 is 0. The van der Waals surface area contributed by atoms with Crippen LogP contribution in [0.1, 0.15) is 12.5 Å². The lowest BCUT2D eigenvalue weighted by Crippen LogP contribution is -2.50. The van der Waals surface area contributed by atoms with E-state index in [1.807, 2.05) is 35.2 Å². The van der Waals surface area contributed by atoms with Crippen LogP contribution in [0.2, 0.25) is 0 Å². The summed E-state index contributed by atoms with van der Waals surface area (Å²) in [5.41, 5.74) is 1.18. The maximum Gasteiger partial charge on any atom is 0.242 e. The predicted octanol–water partition coefficient (Wildman–Crippen LogP) is 0.852. The smallest absolute Gasteiger partial charge is 0.242 e. The fourth-order valence-electron chi connectivity index (χ4n) is 2.58. The van der Waals surface area contributed by atoms with Crippen molar-refractivity contribution < 1.29 is 9.59 Å². The topological polar surface area (TPSA) is 43.9 Å². The molecule has 5 nitrogen and oxygen atoms in total. The summed E-state index contributed by atoms with van der Waals surface area (Å²) >= 11 is 0. The van der Waals surface area contributed by atoms with Gasteiger partial charge in [-0.05, 0) is 19.0 Å². The zero-order valence-electron chi connectivity index (χ0n) is 13.5. The van der Waals surface area contributed by atoms with E-state index in [4.69, 9.17) is 0 Å². The van der Waals surface area contributed by atoms with Crippen molar-refractivity contribution in [3.05, 3.63) is 35.9 Å². The summed E-state index contributed by atoms with van der Waals surface area (Å²) in [4.78, 5) is 29.8. The van der Waals surface area contributed by atoms with Crippen molar-refractivity contribution >= 4 is 11.8 Å². The molecular formula is C17H25N3O2. The number of carbonyl (C=O) groups excluding carboxylic acids is 2. The van der Waals surface area contributed by atoms with Gasteiger partial charge in [0, 0.05) is 39.6 Å². The molecule has 1 saturated heterocycles. The summed E-state index contributed by atoms with van der Waals surface area (Å²) in [6.45, 7) is 5.60. The van der Waals surface area contributed by atoms with Gasteiger partial charge >= 0.3 is 0 Å². The Labute approximate surface area is 132 Å². The molecule has 0 radical (unpaired) electrons. The molecule has 2 rings (SSSR count). The molecule has 120 valence electrons. The molecule has 0 spiro atoms. The number of hydrogen-bond acceptors (Lipinski definition) is 3. The van der Waals surface area contributed by atoms with Gasteiger partial charge in [0.15, 0.2) is 0 Å². The minimum Gasteiger partial charge on any atom is -0.339 e. The standard InChI is InChI=1S/C17H25N3O2/c1-15(21)20(9-8-16-6-4-3-5-7-16)14-17(22)19-12-10-18(2)11-13-19/h3-7H,8-14H2,1-2H3. The van der Waals surface area contributed by atoms with Gasteiger partial charge in [0.1, 0.15) is 0 Å². The summed E-state index contributed by atoms with van der Waals surface area (Å²) in [6.07, 6.45) is 0.774. The number of piperazine rings is 1. The van der Waals surface area contributed by atoms with E-state index in [1.54, 1.807) is 4.90 Å². The Hall–Kier alpha value is -1.88. The third-order valence-corrected chi connectivity index (χ3v) is 4.14. The first-order chi connectivity index (χ1) is 10.6. The van der Waals surface area contributed by atoms with E-state index in [1.165, 1.54) is 12.5 Å². The summed E-state index contributed by atoms with van der Waals surface area (Å²) in [5, 5.41) is 0. The fraction of sp³-hybridized carbons (Fsp3) is 0.529. The second-order valence-electron chi connectivity index (χ2n) is 5.86. The van der Waals surface area contributed by atoms with Gasteiger partial charge < -0.3 is 14.7 Å². The van der Waals surface area contributed by atoms with Crippen LogP contribution in [0.3, 0.4) is 0 Å². The first kappa shape index (κ1) is 16.5. The van der Waals surface area contributed by atoms with Gasteiger partial charge in [-0.1, -0.05) is 30.3 Å². The largest absolute Gasteiger partial charge is 0.339 e. The third kappa shape index (κ3) is 4.84. The zero-order valence-corrected chi connectivity index (χ0v) is 13.5. The van der Waals surface area contributed by atoms with Crippen molar-refractivity contribution in [2.24, 2.45) is 0 Å². The lowest BCUT2D eigenvalue weighted by molar-refractivity contribution is -0.140. The van der Waals surface area contributed by atoms with Crippen molar-refractivity contribution in [3.8, 4) is 0 Å². The Morgan fingerprint density at radius 2 is 1.73 bits per heavy atom. The van der Waals surface area contributed by atoms with Crippen LogP contribution in [-0.4, -0.2) is 72.8 Å². The average molecular weight is 303 g/mol. The van der Waals surface area contributed by atoms with Crippen LogP contribution in [-0.2, 0) is 16.0 Å². The van der Waals surface area contributed by atoms with E-state index in [0.29, 0.717) is 6.54 Å². The molecule has 0 aliphatic carbocycles. The van der Waals surface area contributed by atoms with Gasteiger partial charge in [0.2, 0.25) is 11.8 Å². The zero-order chi connectivity index (χ0) is 15.9. The first-order valence-electron chi connectivity index (χ1n) is 7.82. The van der Waals surface area contributed by atoms with Crippen LogP contribution in [0.5, 0.6) is 0 Å². The van der Waals surface area contributed by atoms with Crippen molar-refractivity contribution in [3.63, 3.8) is 0 Å². The Kier molecular flexibility index (Phi) is 5.95. The van der Waals surface area contributed by atoms with Crippen LogP contribution in [0.4, 0.5) is 0 Å². The highest BCUT2D eigenvalue weighted by molar-refractivity contribution is 5.83. The number of nitrogens with zero attached hydrogens (tertiary/aromatic N) is 3. The van der Waals surface area contributed by atoms with Gasteiger partial charge in [-0.3, -0.25) is 9.59 Å². The van der Waals surface area contributed by atoms with Crippen molar-refractivity contribution in [2.75, 3.05) is 46.3 Å². The van der Waals surface area contributed by atoms with E-state index in [-0.39, 0.29) is 18.4 Å². The second-order valence-corrected chi connectivity index (χ2v) is 5.86. The molecule has 0 atom stereocenters. The van der Waals surface area contributed by atoms with Gasteiger partial charge in [-0.25, -0.2) is 0 Å². The van der Waals surface area contributed by atoms with Gasteiger partial charge in [0.25, 0.3) is 0 Å². The molecule has 1 aliphatic rings. The van der Waals surface area contributed by atoms with Crippen molar-refractivity contribution in [1.82, 2.24) is 14.7 Å². The summed E-state index contributed by atoms with van der Waals surface area (Å²) in [5.74, 6) is 0.00905. The number of amides is 2. The number of carbonyl (C=O) groups is 2. The maximum absolute atomic E-state index is 12.3. The highest BCUT2D eigenvalue weighted by Gasteiger charge is 2.22. The van der Waals surface area contributed by atoms with E-state index in [9.17, 15) is 9.59 Å². The van der Waals surface area contributed by atoms with Crippen LogP contribution < -0.4 is 0 Å². The molecule has 0 N–H and O–H groups in total. The molecular weight excluding hydrogens is 278 g/mol. The average Bonchev–Trinajstić information content (AvgIpc) is 2.52. The monoisotopic (exact) mass is 303 g/mol. The molecule has 0 unspecified atom stereocenters. The lowest BCUT2D eigenvalue weighted by Gasteiger charge is -2.33. The molecule has 1 heterocycles. The van der Waals surface area contributed by atoms with Gasteiger partial charge in [-0.2, -0.15) is 0 Å². The van der Waals surface area contributed by atoms with E-state index in [0.717, 1.165) is 32.6 Å². The Bertz CT molecular complexity index is 496. The summed E-state index contributed by atoms with van der Waals surface area (Å²) in [6, 6.07) is 10.0. The normalized spacial score (nSPS) is 15.6. The molecule has 0 aromatic heterocycles. The SMILES string of the molecule is CC(=O)N(CCc1ccccc1)CC(=O)N1CCN(C)CC1. The number of rotatable bonds is 5. The highest BCUT2D eigenvalue weighted by atomic mass is 16.2. The molecule has 0 bridgehead atoms. The van der Waals surface area contributed by atoms with Gasteiger partial charge in [0.05, 0.1) is 6.54 Å². The molecule has 5 heteroatoms. The van der Waals surface area contributed by atoms with Gasteiger partial charge in [-0.15, -0.1) is 0 Å². The Morgan fingerprint density at radius 1 is 1.09 bits per heavy atom. The molecule has 2 amide bonds. The number of likely N-dealkylation sites (N-methyl/N-ethyl adjacent to an activating group) is 1. The predicted molar refractivity (Wildman–Crippen MR) is 86.5 cm³/mol. The quantitative estimate of drug-likeness (QED) is 0.810. The van der Waals surface area contributed by atoms with Crippen LogP contribution in [0.15, 0.2) is 30.3 Å². The molecule has 1 aromatic rings. The maximum atomic E-state index is 12.3. The Morgan fingerprint density at radius 3 is 2.32 bits per heavy atom. The van der Waals surface area contributed by atoms with Crippen molar-refractivity contribution in [2.45, 2.75) is 13.3 Å². The molecule has 0 saturated carbocycles. The van der Waals surface area contributed by atoms with E-state index < -0.39 is 0 Å². The molecule has 1 fully saturated rings. The van der Waals surface area contributed by atoms with Crippen LogP contribution in [0.25, 0.3) is 0 Å². The Balaban J connectivity index is 1.86. The van der Waals surface area contributed by atoms with E-state index >= 15 is 0 Å². The molecule has 1 aliphatic heterocycles. The first-order valence-corrected chi connectivity index (χ1v) is 7.82. The molecule has 1 aromatic carbocycles. The number of hydrogen-bond donors (Lipinski definition) is 0. The lowest BCUT2D eigenvalue weighted by atomic mass is 10.1. The highest BCUT2D eigenvalue weighted by Crippen LogP contribution is 2.05. The van der Waals surface area contributed by atoms with E-state index in [2.05, 4.69) is 11.9 Å². The summed E-state index contributed by atoms with van der Waals surface area (Å²) in [7, 11) is 2.06. The fourth-order valence-corrected chi connectivity index (χ4v) is 2.58. The van der Waals surface area contributed by atoms with Crippen LogP contribution in [0, 0.1) is 0 Å². The third-order valence-electron chi connectivity index (χ3n) is 4.14. The van der Waals surface area contributed by atoms with Crippen LogP contribution >= 0.6 is 0 Å². The second kappa shape index (κ2) is 7.94. The molecule has 22 heavy (non-hydrogen) atoms. The van der Waals surface area contributed by atoms with Crippen molar-refractivity contribution in [1.29, 1.82) is 0 Å². The number of benzene rings is 1.